The van der Waals surface area contributed by atoms with Crippen molar-refractivity contribution >= 4 is 34.3 Å². The summed E-state index contributed by atoms with van der Waals surface area (Å²) in [5.74, 6) is 0. The highest BCUT2D eigenvalue weighted by molar-refractivity contribution is 7.61. The number of benzene rings is 2. The van der Waals surface area contributed by atoms with Crippen molar-refractivity contribution < 1.29 is 32.3 Å². The Balaban J connectivity index is 2.48. The van der Waals surface area contributed by atoms with E-state index in [4.69, 9.17) is 14.0 Å². The number of hydrogen-bond donors (Lipinski definition) is 3. The highest BCUT2D eigenvalue weighted by atomic mass is 31.3. The molecule has 0 aliphatic heterocycles. The number of rotatable bonds is 6. The maximum atomic E-state index is 12.0. The van der Waals surface area contributed by atoms with Crippen molar-refractivity contribution in [3.8, 4) is 0 Å². The van der Waals surface area contributed by atoms with Crippen LogP contribution in [0.4, 0.5) is 0 Å². The van der Waals surface area contributed by atoms with Gasteiger partial charge in [-0.15, -0.1) is 0 Å². The highest BCUT2D eigenvalue weighted by Crippen LogP contribution is 2.58. The van der Waals surface area contributed by atoms with E-state index in [1.54, 1.807) is 67.2 Å². The van der Waals surface area contributed by atoms with Crippen LogP contribution in [0.25, 0.3) is 0 Å². The van der Waals surface area contributed by atoms with E-state index in [0.29, 0.717) is 10.4 Å². The zero-order valence-corrected chi connectivity index (χ0v) is 14.9. The van der Waals surface area contributed by atoms with Gasteiger partial charge in [0.15, 0.2) is 0 Å². The predicted molar refractivity (Wildman–Crippen MR) is 87.8 cm³/mol. The topological polar surface area (TPSA) is 113 Å². The maximum Gasteiger partial charge on any atom is 0.478 e. The van der Waals surface area contributed by atoms with Crippen molar-refractivity contribution in [3.05, 3.63) is 60.7 Å². The molecule has 124 valence electrons. The van der Waals surface area contributed by atoms with Gasteiger partial charge in [-0.05, 0) is 16.9 Å². The number of phosphoric acid groups is 2. The second kappa shape index (κ2) is 6.81. The zero-order chi connectivity index (χ0) is 17.1. The second-order valence-corrected chi connectivity index (χ2v) is 11.4. The molecule has 0 radical (unpaired) electrons. The molecule has 2 aromatic carbocycles. The summed E-state index contributed by atoms with van der Waals surface area (Å²) in [5, 5.41) is 1.32. The summed E-state index contributed by atoms with van der Waals surface area (Å²) >= 11 is 0. The molecule has 0 aliphatic rings. The van der Waals surface area contributed by atoms with Crippen molar-refractivity contribution in [2.75, 3.05) is 0 Å². The Bertz CT molecular complexity index is 708. The lowest BCUT2D eigenvalue weighted by molar-refractivity contribution is 0.229. The van der Waals surface area contributed by atoms with Gasteiger partial charge in [0, 0.05) is 0 Å². The van der Waals surface area contributed by atoms with Crippen LogP contribution in [0.2, 0.25) is 6.55 Å². The molecule has 0 amide bonds. The Labute approximate surface area is 134 Å². The molecule has 0 bridgehead atoms. The molecule has 2 aromatic rings. The molecule has 0 aliphatic carbocycles. The molecule has 2 rings (SSSR count). The van der Waals surface area contributed by atoms with Gasteiger partial charge in [-0.25, -0.2) is 9.13 Å². The van der Waals surface area contributed by atoms with Crippen LogP contribution in [-0.4, -0.2) is 23.0 Å². The van der Waals surface area contributed by atoms with E-state index in [1.807, 2.05) is 0 Å². The normalized spacial score (nSPS) is 15.1. The molecule has 7 nitrogen and oxygen atoms in total. The largest absolute Gasteiger partial charge is 0.478 e. The average molecular weight is 374 g/mol. The molecule has 3 N–H and O–H groups in total. The van der Waals surface area contributed by atoms with Crippen molar-refractivity contribution in [1.29, 1.82) is 0 Å². The molecule has 0 spiro atoms. The fraction of sp³-hybridized carbons (Fsp3) is 0.0769. The quantitative estimate of drug-likeness (QED) is 0.520. The fourth-order valence-electron chi connectivity index (χ4n) is 2.17. The molecule has 0 heterocycles. The standard InChI is InChI=1S/C13H16O7P2Si/c1-23(12-8-4-2-5-9-12,13-10-6-3-7-11-13)20-22(17,18)19-21(14,15)16/h2-11H,1H3,(H,17,18)(H2,14,15,16). The first-order chi connectivity index (χ1) is 10.6. The summed E-state index contributed by atoms with van der Waals surface area (Å²) in [6.45, 7) is 1.66. The Morgan fingerprint density at radius 1 is 0.826 bits per heavy atom. The Morgan fingerprint density at radius 2 is 1.22 bits per heavy atom. The summed E-state index contributed by atoms with van der Waals surface area (Å²) in [5.41, 5.74) is 0. The summed E-state index contributed by atoms with van der Waals surface area (Å²) in [6.07, 6.45) is 0. The van der Waals surface area contributed by atoms with Crippen molar-refractivity contribution in [2.45, 2.75) is 6.55 Å². The maximum absolute atomic E-state index is 12.0. The van der Waals surface area contributed by atoms with Crippen molar-refractivity contribution in [1.82, 2.24) is 0 Å². The molecular formula is C13H16O7P2Si. The van der Waals surface area contributed by atoms with E-state index in [-0.39, 0.29) is 0 Å². The van der Waals surface area contributed by atoms with E-state index >= 15 is 0 Å². The lowest BCUT2D eigenvalue weighted by Crippen LogP contribution is -2.57. The summed E-state index contributed by atoms with van der Waals surface area (Å²) < 4.78 is 32.2. The van der Waals surface area contributed by atoms with E-state index in [0.717, 1.165) is 0 Å². The van der Waals surface area contributed by atoms with Crippen LogP contribution in [0.15, 0.2) is 60.7 Å². The smallest absolute Gasteiger partial charge is 0.320 e. The van der Waals surface area contributed by atoms with Crippen LogP contribution in [0.3, 0.4) is 0 Å². The molecule has 10 heteroatoms. The molecule has 1 atom stereocenters. The first kappa shape index (κ1) is 18.3. The number of hydrogen-bond acceptors (Lipinski definition) is 4. The third kappa shape index (κ3) is 4.94. The van der Waals surface area contributed by atoms with E-state index in [1.165, 1.54) is 0 Å². The predicted octanol–water partition coefficient (Wildman–Crippen LogP) is 1.60. The SMILES string of the molecule is C[Si](OP(=O)(O)OP(=O)(O)O)(c1ccccc1)c1ccccc1. The first-order valence-corrected chi connectivity index (χ1v) is 12.0. The Kier molecular flexibility index (Phi) is 5.40. The molecule has 0 saturated carbocycles. The van der Waals surface area contributed by atoms with Gasteiger partial charge < -0.3 is 18.9 Å². The van der Waals surface area contributed by atoms with Crippen molar-refractivity contribution in [3.63, 3.8) is 0 Å². The zero-order valence-electron chi connectivity index (χ0n) is 12.1. The monoisotopic (exact) mass is 374 g/mol. The summed E-state index contributed by atoms with van der Waals surface area (Å²) in [4.78, 5) is 27.3. The van der Waals surface area contributed by atoms with Gasteiger partial charge >= 0.3 is 15.6 Å². The second-order valence-electron chi connectivity index (χ2n) is 4.90. The average Bonchev–Trinajstić information content (AvgIpc) is 2.46. The molecule has 0 saturated heterocycles. The van der Waals surface area contributed by atoms with Gasteiger partial charge in [0.2, 0.25) is 0 Å². The van der Waals surface area contributed by atoms with Crippen LogP contribution in [0, 0.1) is 0 Å². The minimum Gasteiger partial charge on any atom is -0.320 e. The van der Waals surface area contributed by atoms with E-state index < -0.39 is 24.0 Å². The van der Waals surface area contributed by atoms with Gasteiger partial charge in [0.25, 0.3) is 8.32 Å². The minimum atomic E-state index is -5.17. The lowest BCUT2D eigenvalue weighted by atomic mass is 10.4. The van der Waals surface area contributed by atoms with Gasteiger partial charge in [-0.2, -0.15) is 4.31 Å². The Hall–Kier alpha value is -1.08. The van der Waals surface area contributed by atoms with Crippen LogP contribution in [0.5, 0.6) is 0 Å². The summed E-state index contributed by atoms with van der Waals surface area (Å²) in [6, 6.07) is 17.5. The first-order valence-electron chi connectivity index (χ1n) is 6.54. The summed E-state index contributed by atoms with van der Waals surface area (Å²) in [7, 11) is -13.4. The third-order valence-electron chi connectivity index (χ3n) is 3.16. The van der Waals surface area contributed by atoms with E-state index in [9.17, 15) is 14.0 Å². The lowest BCUT2D eigenvalue weighted by Gasteiger charge is -2.29. The molecule has 23 heavy (non-hydrogen) atoms. The van der Waals surface area contributed by atoms with Crippen LogP contribution < -0.4 is 10.4 Å². The third-order valence-corrected chi connectivity index (χ3v) is 10.1. The molecule has 0 fully saturated rings. The van der Waals surface area contributed by atoms with E-state index in [2.05, 4.69) is 4.31 Å². The highest BCUT2D eigenvalue weighted by Gasteiger charge is 2.44. The molecule has 1 unspecified atom stereocenters. The van der Waals surface area contributed by atoms with Crippen molar-refractivity contribution in [2.24, 2.45) is 0 Å². The van der Waals surface area contributed by atoms with Crippen LogP contribution >= 0.6 is 15.6 Å². The van der Waals surface area contributed by atoms with Crippen LogP contribution in [-0.2, 0) is 17.7 Å². The van der Waals surface area contributed by atoms with Gasteiger partial charge in [-0.3, -0.25) is 0 Å². The van der Waals surface area contributed by atoms with Crippen LogP contribution in [0.1, 0.15) is 0 Å². The Morgan fingerprint density at radius 3 is 1.57 bits per heavy atom. The fourth-order valence-corrected chi connectivity index (χ4v) is 8.35. The molecule has 0 aromatic heterocycles. The van der Waals surface area contributed by atoms with Gasteiger partial charge in [0.05, 0.1) is 0 Å². The minimum absolute atomic E-state index is 0.662. The van der Waals surface area contributed by atoms with Gasteiger partial charge in [0.1, 0.15) is 0 Å². The van der Waals surface area contributed by atoms with Gasteiger partial charge in [-0.1, -0.05) is 60.7 Å². The molecular weight excluding hydrogens is 358 g/mol.